The molecule has 0 bridgehead atoms. The molecule has 1 aliphatic rings. The average Bonchev–Trinajstić information content (AvgIpc) is 3.53. The van der Waals surface area contributed by atoms with Gasteiger partial charge in [-0.25, -0.2) is 19.2 Å². The SMILES string of the molecule is CNCCN(C)C(=O)OCc1ccc(NC(=O)[C@H](CCCNC(N)=O)NC(=O)[C@@H](NC(=O)OC(C)(C)C)C(C)C)cc1CN(C)C(=O)OCC1c2ccccc2-c2ccccc21. The molecule has 0 heterocycles. The predicted octanol–water partition coefficient (Wildman–Crippen LogP) is 5.28. The Morgan fingerprint density at radius 2 is 1.42 bits per heavy atom. The fraction of sp³-hybridized carbons (Fsp3) is 0.467. The highest BCUT2D eigenvalue weighted by Crippen LogP contribution is 2.44. The van der Waals surface area contributed by atoms with Crippen LogP contribution in [0, 0.1) is 5.92 Å². The topological polar surface area (TPSA) is 223 Å². The van der Waals surface area contributed by atoms with Gasteiger partial charge in [0, 0.05) is 51.9 Å². The highest BCUT2D eigenvalue weighted by Gasteiger charge is 2.32. The van der Waals surface area contributed by atoms with Gasteiger partial charge in [0.05, 0.1) is 0 Å². The maximum atomic E-state index is 14.0. The van der Waals surface area contributed by atoms with Gasteiger partial charge >= 0.3 is 24.3 Å². The first-order chi connectivity index (χ1) is 29.4. The molecule has 7 amide bonds. The van der Waals surface area contributed by atoms with Crippen LogP contribution >= 0.6 is 0 Å². The standard InChI is InChI=1S/C45H62N8O9/c1-28(2)38(51-42(57)62-45(3,4)5)40(55)50-37(18-13-21-48-41(46)56)39(54)49-31-20-19-29(26-60-43(58)52(7)23-22-47-6)30(24-31)25-53(8)44(59)61-27-36-34-16-11-9-14-32(34)33-15-10-12-17-35(33)36/h9-12,14-17,19-20,24,28,36-38,47H,13,18,21-23,25-27H2,1-8H3,(H,49,54)(H,50,55)(H,51,57)(H3,46,48,56)/t37-,38-/m0/s1. The van der Waals surface area contributed by atoms with Crippen molar-refractivity contribution in [2.24, 2.45) is 11.7 Å². The first-order valence-electron chi connectivity index (χ1n) is 20.7. The summed E-state index contributed by atoms with van der Waals surface area (Å²) in [5.41, 5.74) is 10.2. The number of fused-ring (bicyclic) bond motifs is 3. The van der Waals surface area contributed by atoms with Crippen molar-refractivity contribution in [3.8, 4) is 11.1 Å². The molecular formula is C45H62N8O9. The highest BCUT2D eigenvalue weighted by molar-refractivity contribution is 5.98. The molecule has 4 rings (SSSR count). The summed E-state index contributed by atoms with van der Waals surface area (Å²) in [5, 5.41) is 13.7. The molecule has 0 fully saturated rings. The first kappa shape index (κ1) is 48.3. The van der Waals surface area contributed by atoms with Crippen molar-refractivity contribution in [3.05, 3.63) is 89.0 Å². The van der Waals surface area contributed by atoms with E-state index in [1.807, 2.05) is 36.4 Å². The molecule has 17 heteroatoms. The number of likely N-dealkylation sites (N-methyl/N-ethyl adjacent to an activating group) is 2. The summed E-state index contributed by atoms with van der Waals surface area (Å²) in [4.78, 5) is 80.8. The third-order valence-corrected chi connectivity index (χ3v) is 10.1. The van der Waals surface area contributed by atoms with Crippen LogP contribution < -0.4 is 32.3 Å². The van der Waals surface area contributed by atoms with Crippen LogP contribution in [-0.4, -0.2) is 111 Å². The van der Waals surface area contributed by atoms with Crippen molar-refractivity contribution in [2.75, 3.05) is 52.7 Å². The molecule has 0 unspecified atom stereocenters. The Morgan fingerprint density at radius 3 is 2.02 bits per heavy atom. The van der Waals surface area contributed by atoms with Gasteiger partial charge in [-0.3, -0.25) is 9.59 Å². The van der Waals surface area contributed by atoms with Crippen LogP contribution in [-0.2, 0) is 37.0 Å². The molecule has 0 saturated heterocycles. The summed E-state index contributed by atoms with van der Waals surface area (Å²) in [5.74, 6) is -1.71. The highest BCUT2D eigenvalue weighted by atomic mass is 16.6. The predicted molar refractivity (Wildman–Crippen MR) is 235 cm³/mol. The molecule has 0 radical (unpaired) electrons. The number of nitrogens with one attached hydrogen (secondary N) is 5. The van der Waals surface area contributed by atoms with Crippen molar-refractivity contribution in [3.63, 3.8) is 0 Å². The van der Waals surface area contributed by atoms with E-state index in [-0.39, 0.29) is 51.0 Å². The lowest BCUT2D eigenvalue weighted by atomic mass is 9.98. The Balaban J connectivity index is 1.54. The van der Waals surface area contributed by atoms with Crippen molar-refractivity contribution in [1.29, 1.82) is 0 Å². The Labute approximate surface area is 363 Å². The number of anilines is 1. The second kappa shape index (κ2) is 22.5. The summed E-state index contributed by atoms with van der Waals surface area (Å²) in [6.07, 6.45) is -1.54. The molecule has 336 valence electrons. The number of hydrogen-bond acceptors (Lipinski definition) is 10. The Bertz CT molecular complexity index is 2010. The zero-order valence-electron chi connectivity index (χ0n) is 37.0. The number of alkyl carbamates (subject to hydrolysis) is 1. The third-order valence-electron chi connectivity index (χ3n) is 10.1. The summed E-state index contributed by atoms with van der Waals surface area (Å²) in [7, 11) is 5.00. The van der Waals surface area contributed by atoms with Gasteiger partial charge in [-0.15, -0.1) is 0 Å². The lowest BCUT2D eigenvalue weighted by molar-refractivity contribution is -0.128. The summed E-state index contributed by atoms with van der Waals surface area (Å²) < 4.78 is 16.9. The van der Waals surface area contributed by atoms with E-state index >= 15 is 0 Å². The smallest absolute Gasteiger partial charge is 0.409 e. The lowest BCUT2D eigenvalue weighted by Gasteiger charge is -2.27. The molecule has 3 aromatic carbocycles. The molecule has 0 spiro atoms. The number of nitrogens with zero attached hydrogens (tertiary/aromatic N) is 2. The van der Waals surface area contributed by atoms with Crippen LogP contribution in [0.3, 0.4) is 0 Å². The van der Waals surface area contributed by atoms with Gasteiger partial charge in [-0.1, -0.05) is 68.4 Å². The number of amides is 7. The number of primary amides is 1. The van der Waals surface area contributed by atoms with Crippen LogP contribution in [0.5, 0.6) is 0 Å². The van der Waals surface area contributed by atoms with E-state index in [0.29, 0.717) is 29.9 Å². The molecule has 2 atom stereocenters. The van der Waals surface area contributed by atoms with Gasteiger partial charge in [0.25, 0.3) is 0 Å². The van der Waals surface area contributed by atoms with Gasteiger partial charge < -0.3 is 56.3 Å². The minimum Gasteiger partial charge on any atom is -0.448 e. The number of urea groups is 1. The fourth-order valence-corrected chi connectivity index (χ4v) is 6.88. The van der Waals surface area contributed by atoms with Gasteiger partial charge in [-0.2, -0.15) is 0 Å². The zero-order valence-corrected chi connectivity index (χ0v) is 37.0. The van der Waals surface area contributed by atoms with Crippen molar-refractivity contribution in [1.82, 2.24) is 31.1 Å². The molecule has 17 nitrogen and oxygen atoms in total. The molecule has 0 saturated carbocycles. The van der Waals surface area contributed by atoms with Crippen LogP contribution in [0.25, 0.3) is 11.1 Å². The van der Waals surface area contributed by atoms with Crippen LogP contribution in [0.15, 0.2) is 66.7 Å². The van der Waals surface area contributed by atoms with Gasteiger partial charge in [0.2, 0.25) is 11.8 Å². The van der Waals surface area contributed by atoms with Crippen molar-refractivity contribution >= 4 is 41.8 Å². The Kier molecular flexibility index (Phi) is 17.5. The van der Waals surface area contributed by atoms with E-state index in [1.54, 1.807) is 74.0 Å². The number of nitrogens with two attached hydrogens (primary N) is 1. The average molecular weight is 859 g/mol. The number of carbonyl (C=O) groups excluding carboxylic acids is 6. The van der Waals surface area contributed by atoms with E-state index in [1.165, 1.54) is 9.80 Å². The molecular weight excluding hydrogens is 797 g/mol. The second-order valence-electron chi connectivity index (χ2n) is 16.6. The first-order valence-corrected chi connectivity index (χ1v) is 20.7. The number of benzene rings is 3. The molecule has 3 aromatic rings. The summed E-state index contributed by atoms with van der Waals surface area (Å²) in [6, 6.07) is 18.2. The molecule has 0 aromatic heterocycles. The number of rotatable bonds is 19. The molecule has 62 heavy (non-hydrogen) atoms. The monoisotopic (exact) mass is 858 g/mol. The zero-order chi connectivity index (χ0) is 45.6. The minimum atomic E-state index is -1.11. The van der Waals surface area contributed by atoms with E-state index in [2.05, 4.69) is 38.7 Å². The largest absolute Gasteiger partial charge is 0.448 e. The van der Waals surface area contributed by atoms with Crippen LogP contribution in [0.4, 0.5) is 24.9 Å². The van der Waals surface area contributed by atoms with Crippen molar-refractivity contribution < 1.29 is 43.0 Å². The number of carbonyl (C=O) groups is 6. The normalized spacial score (nSPS) is 12.9. The maximum absolute atomic E-state index is 14.0. The molecule has 7 N–H and O–H groups in total. The van der Waals surface area contributed by atoms with Gasteiger partial charge in [0.15, 0.2) is 0 Å². The summed E-state index contributed by atoms with van der Waals surface area (Å²) in [6.45, 7) is 9.73. The van der Waals surface area contributed by atoms with Crippen LogP contribution in [0.1, 0.15) is 75.6 Å². The van der Waals surface area contributed by atoms with E-state index in [9.17, 15) is 28.8 Å². The van der Waals surface area contributed by atoms with Gasteiger partial charge in [0.1, 0.15) is 30.9 Å². The van der Waals surface area contributed by atoms with E-state index < -0.39 is 53.8 Å². The molecule has 1 aliphatic carbocycles. The number of hydrogen-bond donors (Lipinski definition) is 6. The Hall–Kier alpha value is -6.36. The fourth-order valence-electron chi connectivity index (χ4n) is 6.88. The Morgan fingerprint density at radius 1 is 0.790 bits per heavy atom. The lowest BCUT2D eigenvalue weighted by Crippen LogP contribution is -2.55. The van der Waals surface area contributed by atoms with E-state index in [0.717, 1.165) is 22.3 Å². The van der Waals surface area contributed by atoms with E-state index in [4.69, 9.17) is 19.9 Å². The second-order valence-corrected chi connectivity index (χ2v) is 16.6. The molecule has 0 aliphatic heterocycles. The third kappa shape index (κ3) is 14.1. The maximum Gasteiger partial charge on any atom is 0.409 e. The summed E-state index contributed by atoms with van der Waals surface area (Å²) >= 11 is 0. The van der Waals surface area contributed by atoms with Crippen molar-refractivity contribution in [2.45, 2.75) is 84.2 Å². The quantitative estimate of drug-likeness (QED) is 0.0677. The number of ether oxygens (including phenoxy) is 3. The van der Waals surface area contributed by atoms with Gasteiger partial charge in [-0.05, 0) is 92.1 Å². The minimum absolute atomic E-state index is 0.0220. The van der Waals surface area contributed by atoms with Crippen LogP contribution in [0.2, 0.25) is 0 Å².